The second-order valence-corrected chi connectivity index (χ2v) is 6.65. The minimum atomic E-state index is -0.271. The highest BCUT2D eigenvalue weighted by Gasteiger charge is 2.25. The molecule has 0 fully saturated rings. The number of aryl methyl sites for hydroxylation is 1. The van der Waals surface area contributed by atoms with Crippen molar-refractivity contribution in [2.75, 3.05) is 16.8 Å². The van der Waals surface area contributed by atoms with Gasteiger partial charge in [0.15, 0.2) is 0 Å². The van der Waals surface area contributed by atoms with Crippen LogP contribution in [0.15, 0.2) is 66.7 Å². The van der Waals surface area contributed by atoms with E-state index in [2.05, 4.69) is 41.7 Å². The van der Waals surface area contributed by atoms with Gasteiger partial charge in [-0.05, 0) is 54.3 Å². The second-order valence-electron chi connectivity index (χ2n) is 6.65. The fourth-order valence-electron chi connectivity index (χ4n) is 3.59. The number of amides is 1. The van der Waals surface area contributed by atoms with Crippen LogP contribution in [0.5, 0.6) is 0 Å². The number of fused-ring (bicyclic) bond motifs is 2. The van der Waals surface area contributed by atoms with Crippen LogP contribution >= 0.6 is 0 Å². The fourth-order valence-corrected chi connectivity index (χ4v) is 3.59. The first-order chi connectivity index (χ1) is 12.2. The third-order valence-electron chi connectivity index (χ3n) is 4.88. The maximum atomic E-state index is 13.0. The normalized spacial score (nSPS) is 14.8. The van der Waals surface area contributed by atoms with Gasteiger partial charge in [-0.2, -0.15) is 0 Å². The van der Waals surface area contributed by atoms with Crippen molar-refractivity contribution in [3.63, 3.8) is 0 Å². The van der Waals surface area contributed by atoms with E-state index in [1.807, 2.05) is 42.2 Å². The standard InChI is InChI=1S/C22H22N2O/c1-16(23-20-13-12-17-7-2-3-9-19(17)15-20)22(25)24-14-6-10-18-8-4-5-11-21(18)24/h2-5,7-9,11-13,15-16,23H,6,10,14H2,1H3. The molecule has 1 atom stereocenters. The van der Waals surface area contributed by atoms with E-state index in [4.69, 9.17) is 0 Å². The smallest absolute Gasteiger partial charge is 0.249 e. The molecule has 0 bridgehead atoms. The molecule has 0 aromatic heterocycles. The molecular weight excluding hydrogens is 308 g/mol. The quantitative estimate of drug-likeness (QED) is 0.760. The van der Waals surface area contributed by atoms with Gasteiger partial charge in [0, 0.05) is 17.9 Å². The summed E-state index contributed by atoms with van der Waals surface area (Å²) in [7, 11) is 0. The van der Waals surface area contributed by atoms with Crippen LogP contribution in [0.4, 0.5) is 11.4 Å². The van der Waals surface area contributed by atoms with Crippen molar-refractivity contribution in [3.05, 3.63) is 72.3 Å². The first-order valence-electron chi connectivity index (χ1n) is 8.87. The van der Waals surface area contributed by atoms with E-state index in [0.29, 0.717) is 0 Å². The summed E-state index contributed by atoms with van der Waals surface area (Å²) in [6.45, 7) is 2.73. The number of anilines is 2. The summed E-state index contributed by atoms with van der Waals surface area (Å²) in [4.78, 5) is 14.9. The summed E-state index contributed by atoms with van der Waals surface area (Å²) < 4.78 is 0. The Morgan fingerprint density at radius 2 is 1.76 bits per heavy atom. The largest absolute Gasteiger partial charge is 0.374 e. The molecular formula is C22H22N2O. The summed E-state index contributed by atoms with van der Waals surface area (Å²) in [6.07, 6.45) is 2.07. The van der Waals surface area contributed by atoms with Gasteiger partial charge in [0.05, 0.1) is 0 Å². The van der Waals surface area contributed by atoms with E-state index in [9.17, 15) is 4.79 Å². The number of rotatable bonds is 3. The van der Waals surface area contributed by atoms with E-state index in [0.717, 1.165) is 30.8 Å². The third-order valence-corrected chi connectivity index (χ3v) is 4.88. The minimum Gasteiger partial charge on any atom is -0.374 e. The summed E-state index contributed by atoms with van der Waals surface area (Å²) in [5.74, 6) is 0.125. The molecule has 3 aromatic rings. The summed E-state index contributed by atoms with van der Waals surface area (Å²) in [5.41, 5.74) is 3.30. The predicted octanol–water partition coefficient (Wildman–Crippen LogP) is 4.62. The molecule has 1 unspecified atom stereocenters. The van der Waals surface area contributed by atoms with Gasteiger partial charge in [0.1, 0.15) is 6.04 Å². The number of hydrogen-bond acceptors (Lipinski definition) is 2. The topological polar surface area (TPSA) is 32.3 Å². The van der Waals surface area contributed by atoms with Gasteiger partial charge in [-0.15, -0.1) is 0 Å². The van der Waals surface area contributed by atoms with Crippen LogP contribution in [0.2, 0.25) is 0 Å². The van der Waals surface area contributed by atoms with Gasteiger partial charge in [-0.3, -0.25) is 4.79 Å². The van der Waals surface area contributed by atoms with Crippen LogP contribution in [0.3, 0.4) is 0 Å². The van der Waals surface area contributed by atoms with Crippen molar-refractivity contribution >= 4 is 28.1 Å². The molecule has 0 saturated carbocycles. The lowest BCUT2D eigenvalue weighted by Gasteiger charge is -2.32. The number of nitrogens with zero attached hydrogens (tertiary/aromatic N) is 1. The van der Waals surface area contributed by atoms with E-state index in [1.165, 1.54) is 16.3 Å². The Morgan fingerprint density at radius 3 is 2.64 bits per heavy atom. The number of nitrogens with one attached hydrogen (secondary N) is 1. The first kappa shape index (κ1) is 15.7. The highest BCUT2D eigenvalue weighted by atomic mass is 16.2. The summed E-state index contributed by atoms with van der Waals surface area (Å²) >= 11 is 0. The lowest BCUT2D eigenvalue weighted by atomic mass is 10.0. The van der Waals surface area contributed by atoms with Crippen molar-refractivity contribution in [1.82, 2.24) is 0 Å². The number of carbonyl (C=O) groups is 1. The Balaban J connectivity index is 1.54. The SMILES string of the molecule is CC(Nc1ccc2ccccc2c1)C(=O)N1CCCc2ccccc21. The molecule has 3 aromatic carbocycles. The fraction of sp³-hybridized carbons (Fsp3) is 0.227. The van der Waals surface area contributed by atoms with Crippen LogP contribution in [0.25, 0.3) is 10.8 Å². The third kappa shape index (κ3) is 3.10. The molecule has 0 saturated heterocycles. The van der Waals surface area contributed by atoms with Crippen LogP contribution in [0.1, 0.15) is 18.9 Å². The number of benzene rings is 3. The van der Waals surface area contributed by atoms with Crippen molar-refractivity contribution in [3.8, 4) is 0 Å². The molecule has 1 N–H and O–H groups in total. The van der Waals surface area contributed by atoms with Crippen LogP contribution in [-0.2, 0) is 11.2 Å². The Bertz CT molecular complexity index is 919. The second kappa shape index (κ2) is 6.60. The van der Waals surface area contributed by atoms with E-state index in [1.54, 1.807) is 0 Å². The van der Waals surface area contributed by atoms with E-state index < -0.39 is 0 Å². The van der Waals surface area contributed by atoms with Gasteiger partial charge < -0.3 is 10.2 Å². The van der Waals surface area contributed by atoms with Crippen molar-refractivity contribution < 1.29 is 4.79 Å². The molecule has 1 aliphatic heterocycles. The van der Waals surface area contributed by atoms with Crippen LogP contribution < -0.4 is 10.2 Å². The zero-order valence-electron chi connectivity index (χ0n) is 14.4. The Labute approximate surface area is 148 Å². The van der Waals surface area contributed by atoms with Crippen molar-refractivity contribution in [1.29, 1.82) is 0 Å². The maximum Gasteiger partial charge on any atom is 0.249 e. The minimum absolute atomic E-state index is 0.125. The van der Waals surface area contributed by atoms with Crippen molar-refractivity contribution in [2.45, 2.75) is 25.8 Å². The highest BCUT2D eigenvalue weighted by molar-refractivity contribution is 5.99. The lowest BCUT2D eigenvalue weighted by molar-refractivity contribution is -0.119. The number of para-hydroxylation sites is 1. The van der Waals surface area contributed by atoms with Crippen molar-refractivity contribution in [2.24, 2.45) is 0 Å². The molecule has 3 heteroatoms. The molecule has 0 aliphatic carbocycles. The molecule has 0 radical (unpaired) electrons. The Kier molecular flexibility index (Phi) is 4.14. The molecule has 25 heavy (non-hydrogen) atoms. The van der Waals surface area contributed by atoms with Crippen LogP contribution in [0, 0.1) is 0 Å². The zero-order chi connectivity index (χ0) is 17.2. The Hall–Kier alpha value is -2.81. The molecule has 1 heterocycles. The average molecular weight is 330 g/mol. The van der Waals surface area contributed by atoms with E-state index in [-0.39, 0.29) is 11.9 Å². The summed E-state index contributed by atoms with van der Waals surface area (Å²) in [5, 5.41) is 5.75. The van der Waals surface area contributed by atoms with Gasteiger partial charge in [0.25, 0.3) is 0 Å². The number of carbonyl (C=O) groups excluding carboxylic acids is 1. The van der Waals surface area contributed by atoms with Gasteiger partial charge in [0.2, 0.25) is 5.91 Å². The van der Waals surface area contributed by atoms with Gasteiger partial charge in [-0.25, -0.2) is 0 Å². The zero-order valence-corrected chi connectivity index (χ0v) is 14.4. The predicted molar refractivity (Wildman–Crippen MR) is 104 cm³/mol. The molecule has 1 aliphatic rings. The molecule has 0 spiro atoms. The first-order valence-corrected chi connectivity index (χ1v) is 8.87. The monoisotopic (exact) mass is 330 g/mol. The summed E-state index contributed by atoms with van der Waals surface area (Å²) in [6, 6.07) is 22.4. The molecule has 4 rings (SSSR count). The van der Waals surface area contributed by atoms with Crippen LogP contribution in [-0.4, -0.2) is 18.5 Å². The number of hydrogen-bond donors (Lipinski definition) is 1. The molecule has 3 nitrogen and oxygen atoms in total. The maximum absolute atomic E-state index is 13.0. The average Bonchev–Trinajstić information content (AvgIpc) is 2.67. The van der Waals surface area contributed by atoms with Gasteiger partial charge in [-0.1, -0.05) is 48.5 Å². The lowest BCUT2D eigenvalue weighted by Crippen LogP contribution is -2.44. The highest BCUT2D eigenvalue weighted by Crippen LogP contribution is 2.28. The Morgan fingerprint density at radius 1 is 1.00 bits per heavy atom. The molecule has 1 amide bonds. The van der Waals surface area contributed by atoms with Gasteiger partial charge >= 0.3 is 0 Å². The molecule has 126 valence electrons. The van der Waals surface area contributed by atoms with E-state index >= 15 is 0 Å².